The first-order chi connectivity index (χ1) is 23.1. The lowest BCUT2D eigenvalue weighted by molar-refractivity contribution is -0.384. The molecule has 2 aromatic carbocycles. The van der Waals surface area contributed by atoms with Crippen LogP contribution in [0.3, 0.4) is 0 Å². The van der Waals surface area contributed by atoms with E-state index < -0.39 is 71.7 Å². The monoisotopic (exact) mass is 729 g/mol. The number of ketones is 1. The third kappa shape index (κ3) is 9.57. The number of ether oxygens (including phenoxy) is 3. The van der Waals surface area contributed by atoms with Gasteiger partial charge in [0.1, 0.15) is 17.6 Å². The molecule has 1 heterocycles. The van der Waals surface area contributed by atoms with Crippen LogP contribution in [0.25, 0.3) is 0 Å². The summed E-state index contributed by atoms with van der Waals surface area (Å²) in [6.07, 6.45) is -0.450. The zero-order valence-electron chi connectivity index (χ0n) is 30.1. The van der Waals surface area contributed by atoms with E-state index in [1.54, 1.807) is 49.6 Å². The molecule has 0 spiro atoms. The van der Waals surface area contributed by atoms with Gasteiger partial charge in [-0.2, -0.15) is 0 Å². The average molecular weight is 730 g/mol. The van der Waals surface area contributed by atoms with Gasteiger partial charge in [0.25, 0.3) is 11.6 Å². The summed E-state index contributed by atoms with van der Waals surface area (Å²) in [4.78, 5) is 77.4. The first-order valence-corrected chi connectivity index (χ1v) is 20.1. The van der Waals surface area contributed by atoms with Crippen LogP contribution < -0.4 is 5.32 Å². The highest BCUT2D eigenvalue weighted by atomic mass is 32.2. The van der Waals surface area contributed by atoms with Crippen LogP contribution in [0.2, 0.25) is 18.1 Å². The molecular weight excluding hydrogens is 683 g/mol. The summed E-state index contributed by atoms with van der Waals surface area (Å²) in [7, 11) is -1.27. The van der Waals surface area contributed by atoms with Gasteiger partial charge < -0.3 is 24.1 Å². The Morgan fingerprint density at radius 2 is 1.60 bits per heavy atom. The highest BCUT2D eigenvalue weighted by Crippen LogP contribution is 2.50. The van der Waals surface area contributed by atoms with Crippen LogP contribution in [-0.2, 0) is 51.2 Å². The topological polar surface area (TPSA) is 171 Å². The molecule has 3 atom stereocenters. The van der Waals surface area contributed by atoms with Crippen LogP contribution in [0, 0.1) is 16.0 Å². The van der Waals surface area contributed by atoms with Gasteiger partial charge in [0.15, 0.2) is 8.24 Å². The Balaban J connectivity index is 1.90. The third-order valence-electron chi connectivity index (χ3n) is 8.79. The number of carbonyl (C=O) groups excluding carboxylic acids is 5. The predicted octanol–water partition coefficient (Wildman–Crippen LogP) is 5.16. The number of Topliss-reactive ketones (excluding diaryl/α,β-unsaturated/α-hetero) is 1. The van der Waals surface area contributed by atoms with Gasteiger partial charge >= 0.3 is 11.9 Å². The number of esters is 2. The molecule has 0 aromatic heterocycles. The quantitative estimate of drug-likeness (QED) is 0.0488. The summed E-state index contributed by atoms with van der Waals surface area (Å²) in [5.41, 5.74) is -1.60. The Labute approximate surface area is 298 Å². The predicted molar refractivity (Wildman–Crippen MR) is 190 cm³/mol. The molecular formula is C35H47N3O10SSi. The van der Waals surface area contributed by atoms with Crippen molar-refractivity contribution >= 4 is 55.2 Å². The van der Waals surface area contributed by atoms with Crippen LogP contribution in [0.15, 0.2) is 54.6 Å². The minimum absolute atomic E-state index is 0.00291. The van der Waals surface area contributed by atoms with Crippen LogP contribution in [0.5, 0.6) is 0 Å². The Kier molecular flexibility index (Phi) is 12.8. The van der Waals surface area contributed by atoms with Crippen molar-refractivity contribution in [1.82, 2.24) is 9.88 Å². The fraction of sp³-hybridized carbons (Fsp3) is 0.514. The SMILES string of the molecule is CO[C@@]1(NC(=O)Cc2ccccc2)C(=O)N([Si](C)(C)C(C)(C)C)[C@@H]1SCC(CC(=O)OC(C)(C)C)C(=O)C(=O)OCc1ccc([N+](=O)[O-])cc1. The number of methoxy groups -OCH3 is 1. The van der Waals surface area contributed by atoms with Crippen molar-refractivity contribution in [3.8, 4) is 0 Å². The highest BCUT2D eigenvalue weighted by Gasteiger charge is 2.68. The number of thioether (sulfide) groups is 1. The van der Waals surface area contributed by atoms with Crippen molar-refractivity contribution in [3.63, 3.8) is 0 Å². The number of hydrogen-bond acceptors (Lipinski definition) is 11. The number of nitro benzene ring substituents is 1. The second-order valence-electron chi connectivity index (χ2n) is 14.7. The summed E-state index contributed by atoms with van der Waals surface area (Å²) in [5, 5.41) is 12.7. The van der Waals surface area contributed by atoms with E-state index in [9.17, 15) is 34.1 Å². The summed E-state index contributed by atoms with van der Waals surface area (Å²) in [5.74, 6) is -5.08. The summed E-state index contributed by atoms with van der Waals surface area (Å²) < 4.78 is 18.3. The first-order valence-electron chi connectivity index (χ1n) is 16.1. The van der Waals surface area contributed by atoms with Crippen molar-refractivity contribution in [2.75, 3.05) is 12.9 Å². The molecule has 1 fully saturated rings. The maximum atomic E-state index is 14.1. The molecule has 1 aliphatic rings. The molecule has 272 valence electrons. The second kappa shape index (κ2) is 15.9. The van der Waals surface area contributed by atoms with Gasteiger partial charge in [0.2, 0.25) is 17.4 Å². The molecule has 0 saturated carbocycles. The Morgan fingerprint density at radius 3 is 2.12 bits per heavy atom. The number of rotatable bonds is 15. The van der Waals surface area contributed by atoms with E-state index in [0.717, 1.165) is 17.3 Å². The molecule has 1 unspecified atom stereocenters. The summed E-state index contributed by atoms with van der Waals surface area (Å²) >= 11 is 1.13. The summed E-state index contributed by atoms with van der Waals surface area (Å²) in [6.45, 7) is 14.9. The van der Waals surface area contributed by atoms with Crippen LogP contribution >= 0.6 is 11.8 Å². The maximum Gasteiger partial charge on any atom is 0.375 e. The van der Waals surface area contributed by atoms with Gasteiger partial charge in [-0.25, -0.2) is 4.79 Å². The number of amides is 2. The molecule has 1 aliphatic heterocycles. The van der Waals surface area contributed by atoms with E-state index >= 15 is 0 Å². The molecule has 1 saturated heterocycles. The lowest BCUT2D eigenvalue weighted by atomic mass is 10.0. The second-order valence-corrected chi connectivity index (χ2v) is 20.9. The lowest BCUT2D eigenvalue weighted by Crippen LogP contribution is -2.85. The molecule has 13 nitrogen and oxygen atoms in total. The van der Waals surface area contributed by atoms with Crippen molar-refractivity contribution in [2.45, 2.75) is 95.8 Å². The maximum absolute atomic E-state index is 14.1. The first kappa shape index (κ1) is 40.3. The van der Waals surface area contributed by atoms with Gasteiger partial charge in [-0.15, -0.1) is 11.8 Å². The molecule has 2 amide bonds. The number of nitro groups is 1. The molecule has 50 heavy (non-hydrogen) atoms. The van der Waals surface area contributed by atoms with Gasteiger partial charge in [0.05, 0.1) is 17.8 Å². The number of β-lactam (4-membered cyclic amide) rings is 1. The lowest BCUT2D eigenvalue weighted by Gasteiger charge is -2.62. The Bertz CT molecular complexity index is 1590. The standard InChI is InChI=1S/C35H47N3O10SSi/c1-33(2,3)48-28(40)20-25(29(41)30(42)47-21-24-15-17-26(18-16-24)38(44)45)22-49-32-35(46-7,31(43)37(32)50(8,9)34(4,5)6)36-27(39)19-23-13-11-10-12-14-23/h10-18,25,32H,19-22H2,1-9H3,(H,36,39)/t25?,32-,35+/m1/s1. The van der Waals surface area contributed by atoms with E-state index in [0.29, 0.717) is 5.56 Å². The minimum Gasteiger partial charge on any atom is -0.460 e. The fourth-order valence-electron chi connectivity index (χ4n) is 5.11. The van der Waals surface area contributed by atoms with E-state index in [-0.39, 0.29) is 29.5 Å². The van der Waals surface area contributed by atoms with Crippen LogP contribution in [-0.4, -0.2) is 76.8 Å². The van der Waals surface area contributed by atoms with E-state index in [1.807, 2.05) is 39.9 Å². The normalized spacial score (nSPS) is 18.5. The molecule has 3 rings (SSSR count). The van der Waals surface area contributed by atoms with Crippen LogP contribution in [0.1, 0.15) is 59.1 Å². The van der Waals surface area contributed by atoms with Crippen molar-refractivity contribution in [3.05, 3.63) is 75.8 Å². The van der Waals surface area contributed by atoms with Gasteiger partial charge in [-0.1, -0.05) is 64.2 Å². The fourth-order valence-corrected chi connectivity index (χ4v) is 9.71. The number of hydrogen-bond donors (Lipinski definition) is 1. The van der Waals surface area contributed by atoms with Crippen molar-refractivity contribution in [1.29, 1.82) is 0 Å². The van der Waals surface area contributed by atoms with E-state index in [1.165, 1.54) is 31.4 Å². The number of carbonyl (C=O) groups is 5. The van der Waals surface area contributed by atoms with Gasteiger partial charge in [0, 0.05) is 30.9 Å². The molecule has 0 aliphatic carbocycles. The number of non-ortho nitro benzene ring substituents is 1. The number of benzene rings is 2. The van der Waals surface area contributed by atoms with E-state index in [4.69, 9.17) is 14.2 Å². The largest absolute Gasteiger partial charge is 0.460 e. The average Bonchev–Trinajstić information content (AvgIpc) is 3.02. The zero-order chi connectivity index (χ0) is 37.7. The van der Waals surface area contributed by atoms with Crippen LogP contribution in [0.4, 0.5) is 5.69 Å². The molecule has 2 aromatic rings. The number of nitrogens with one attached hydrogen (secondary N) is 1. The van der Waals surface area contributed by atoms with Crippen molar-refractivity contribution in [2.24, 2.45) is 5.92 Å². The molecule has 1 N–H and O–H groups in total. The minimum atomic E-state index is -2.60. The molecule has 15 heteroatoms. The van der Waals surface area contributed by atoms with Gasteiger partial charge in [-0.3, -0.25) is 29.3 Å². The Hall–Kier alpha value is -4.08. The molecule has 0 bridgehead atoms. The van der Waals surface area contributed by atoms with Gasteiger partial charge in [-0.05, 0) is 49.1 Å². The third-order valence-corrected chi connectivity index (χ3v) is 15.8. The molecule has 0 radical (unpaired) electrons. The van der Waals surface area contributed by atoms with Crippen molar-refractivity contribution < 1.29 is 43.1 Å². The van der Waals surface area contributed by atoms with E-state index in [2.05, 4.69) is 5.32 Å². The number of nitrogens with zero attached hydrogens (tertiary/aromatic N) is 2. The highest BCUT2D eigenvalue weighted by molar-refractivity contribution is 8.00. The Morgan fingerprint density at radius 1 is 1.00 bits per heavy atom. The zero-order valence-corrected chi connectivity index (χ0v) is 31.9. The smallest absolute Gasteiger partial charge is 0.375 e. The summed E-state index contributed by atoms with van der Waals surface area (Å²) in [6, 6.07) is 14.3.